The Balaban J connectivity index is 2.19. The molecule has 1 aliphatic rings. The number of anilines is 1. The monoisotopic (exact) mass is 274 g/mol. The van der Waals surface area contributed by atoms with Gasteiger partial charge in [-0.2, -0.15) is 11.8 Å². The van der Waals surface area contributed by atoms with E-state index in [0.717, 1.165) is 36.5 Å². The zero-order valence-electron chi connectivity index (χ0n) is 9.49. The average molecular weight is 274 g/mol. The Morgan fingerprint density at radius 3 is 2.56 bits per heavy atom. The summed E-state index contributed by atoms with van der Waals surface area (Å²) in [6.07, 6.45) is 1.85. The molecule has 1 aliphatic heterocycles. The van der Waals surface area contributed by atoms with Gasteiger partial charge in [-0.25, -0.2) is 8.78 Å². The minimum atomic E-state index is -0.919. The van der Waals surface area contributed by atoms with Crippen LogP contribution in [-0.2, 0) is 0 Å². The van der Waals surface area contributed by atoms with E-state index in [1.54, 1.807) is 11.8 Å². The molecule has 1 fully saturated rings. The molecule has 2 rings (SSSR count). The van der Waals surface area contributed by atoms with Crippen LogP contribution in [0.4, 0.5) is 20.2 Å². The van der Waals surface area contributed by atoms with Gasteiger partial charge in [-0.15, -0.1) is 0 Å². The summed E-state index contributed by atoms with van der Waals surface area (Å²) in [5.41, 5.74) is -0.846. The summed E-state index contributed by atoms with van der Waals surface area (Å²) in [6.45, 7) is 0. The molecular formula is C11H12F2N2O2S. The lowest BCUT2D eigenvalue weighted by Gasteiger charge is -2.23. The molecule has 1 N–H and O–H groups in total. The number of halogens is 2. The largest absolute Gasteiger partial charge is 0.377 e. The molecule has 1 aromatic carbocycles. The molecule has 1 aromatic rings. The van der Waals surface area contributed by atoms with Crippen molar-refractivity contribution in [3.63, 3.8) is 0 Å². The van der Waals surface area contributed by atoms with Crippen molar-refractivity contribution >= 4 is 23.1 Å². The highest BCUT2D eigenvalue weighted by molar-refractivity contribution is 7.99. The second-order valence-electron chi connectivity index (χ2n) is 4.10. The van der Waals surface area contributed by atoms with Gasteiger partial charge in [0, 0.05) is 11.8 Å². The molecule has 7 heteroatoms. The van der Waals surface area contributed by atoms with Crippen molar-refractivity contribution in [1.29, 1.82) is 0 Å². The van der Waals surface area contributed by atoms with Gasteiger partial charge in [0.15, 0.2) is 11.6 Å². The van der Waals surface area contributed by atoms with Crippen molar-refractivity contribution in [2.24, 2.45) is 0 Å². The Kier molecular flexibility index (Phi) is 4.00. The molecule has 0 amide bonds. The highest BCUT2D eigenvalue weighted by Crippen LogP contribution is 2.27. The maximum Gasteiger partial charge on any atom is 0.275 e. The Morgan fingerprint density at radius 1 is 1.39 bits per heavy atom. The fourth-order valence-corrected chi connectivity index (χ4v) is 2.93. The van der Waals surface area contributed by atoms with Crippen LogP contribution in [0.5, 0.6) is 0 Å². The minimum Gasteiger partial charge on any atom is -0.377 e. The summed E-state index contributed by atoms with van der Waals surface area (Å²) in [6, 6.07) is 1.48. The quantitative estimate of drug-likeness (QED) is 0.679. The summed E-state index contributed by atoms with van der Waals surface area (Å²) in [5, 5.41) is 13.2. The molecule has 4 nitrogen and oxygen atoms in total. The predicted molar refractivity (Wildman–Crippen MR) is 67.0 cm³/mol. The lowest BCUT2D eigenvalue weighted by Crippen LogP contribution is -2.26. The molecule has 1 unspecified atom stereocenters. The van der Waals surface area contributed by atoms with E-state index < -0.39 is 22.2 Å². The Morgan fingerprint density at radius 2 is 2.06 bits per heavy atom. The molecule has 0 saturated carbocycles. The lowest BCUT2D eigenvalue weighted by molar-refractivity contribution is -0.385. The van der Waals surface area contributed by atoms with E-state index in [1.165, 1.54) is 0 Å². The fraction of sp³-hybridized carbons (Fsp3) is 0.455. The first-order valence-corrected chi connectivity index (χ1v) is 6.71. The lowest BCUT2D eigenvalue weighted by atomic mass is 10.1. The van der Waals surface area contributed by atoms with Gasteiger partial charge in [0.2, 0.25) is 0 Å². The van der Waals surface area contributed by atoms with Crippen LogP contribution in [0.15, 0.2) is 12.1 Å². The van der Waals surface area contributed by atoms with E-state index >= 15 is 0 Å². The van der Waals surface area contributed by atoms with Crippen molar-refractivity contribution in [2.75, 3.05) is 16.8 Å². The summed E-state index contributed by atoms with van der Waals surface area (Å²) in [5.74, 6) is 0.00812. The molecule has 1 heterocycles. The third kappa shape index (κ3) is 2.90. The molecule has 0 bridgehead atoms. The van der Waals surface area contributed by atoms with Gasteiger partial charge in [0.25, 0.3) is 5.69 Å². The first-order valence-electron chi connectivity index (χ1n) is 5.55. The number of thioether (sulfide) groups is 1. The molecule has 0 aliphatic carbocycles. The van der Waals surface area contributed by atoms with Gasteiger partial charge in [-0.1, -0.05) is 0 Å². The standard InChI is InChI=1S/C11H12F2N2O2S/c12-9-4-8(15(16)17)5-10(13)11(9)14-7-2-1-3-18-6-7/h4-5,7,14H,1-3,6H2. The predicted octanol–water partition coefficient (Wildman–Crippen LogP) is 3.18. The van der Waals surface area contributed by atoms with Crippen LogP contribution in [0.1, 0.15) is 12.8 Å². The molecule has 98 valence electrons. The number of nitrogens with zero attached hydrogens (tertiary/aromatic N) is 1. The normalized spacial score (nSPS) is 19.6. The van der Waals surface area contributed by atoms with Gasteiger partial charge < -0.3 is 5.32 Å². The molecule has 0 spiro atoms. The van der Waals surface area contributed by atoms with Crippen molar-refractivity contribution in [1.82, 2.24) is 0 Å². The summed E-state index contributed by atoms with van der Waals surface area (Å²) < 4.78 is 27.2. The second kappa shape index (κ2) is 5.51. The summed E-state index contributed by atoms with van der Waals surface area (Å²) in [4.78, 5) is 9.64. The van der Waals surface area contributed by atoms with Gasteiger partial charge in [0.05, 0.1) is 17.1 Å². The van der Waals surface area contributed by atoms with Crippen molar-refractivity contribution < 1.29 is 13.7 Å². The topological polar surface area (TPSA) is 55.2 Å². The molecule has 1 atom stereocenters. The third-order valence-corrected chi connectivity index (χ3v) is 3.96. The van der Waals surface area contributed by atoms with Gasteiger partial charge in [-0.3, -0.25) is 10.1 Å². The minimum absolute atomic E-state index is 0.00852. The second-order valence-corrected chi connectivity index (χ2v) is 5.25. The van der Waals surface area contributed by atoms with Crippen LogP contribution in [0.2, 0.25) is 0 Å². The van der Waals surface area contributed by atoms with E-state index in [4.69, 9.17) is 0 Å². The fourth-order valence-electron chi connectivity index (χ4n) is 1.86. The third-order valence-electron chi connectivity index (χ3n) is 2.75. The van der Waals surface area contributed by atoms with E-state index in [9.17, 15) is 18.9 Å². The Labute approximate surface area is 107 Å². The number of benzene rings is 1. The number of rotatable bonds is 3. The highest BCUT2D eigenvalue weighted by Gasteiger charge is 2.20. The van der Waals surface area contributed by atoms with E-state index in [1.807, 2.05) is 0 Å². The molecule has 0 aromatic heterocycles. The highest BCUT2D eigenvalue weighted by atomic mass is 32.2. The van der Waals surface area contributed by atoms with Crippen LogP contribution in [0.3, 0.4) is 0 Å². The number of nitro groups is 1. The van der Waals surface area contributed by atoms with E-state index in [0.29, 0.717) is 0 Å². The average Bonchev–Trinajstić information content (AvgIpc) is 2.34. The zero-order valence-corrected chi connectivity index (χ0v) is 10.3. The van der Waals surface area contributed by atoms with Gasteiger partial charge in [0.1, 0.15) is 5.69 Å². The van der Waals surface area contributed by atoms with E-state index in [-0.39, 0.29) is 11.7 Å². The summed E-state index contributed by atoms with van der Waals surface area (Å²) in [7, 11) is 0. The van der Waals surface area contributed by atoms with E-state index in [2.05, 4.69) is 5.32 Å². The maximum atomic E-state index is 13.6. The Hall–Kier alpha value is -1.37. The summed E-state index contributed by atoms with van der Waals surface area (Å²) >= 11 is 1.73. The molecule has 0 radical (unpaired) electrons. The number of nitrogens with one attached hydrogen (secondary N) is 1. The van der Waals surface area contributed by atoms with Crippen LogP contribution in [-0.4, -0.2) is 22.5 Å². The first kappa shape index (κ1) is 13.1. The maximum absolute atomic E-state index is 13.6. The molecule has 18 heavy (non-hydrogen) atoms. The van der Waals surface area contributed by atoms with Gasteiger partial charge >= 0.3 is 0 Å². The Bertz CT molecular complexity index is 441. The van der Waals surface area contributed by atoms with Crippen LogP contribution in [0.25, 0.3) is 0 Å². The van der Waals surface area contributed by atoms with Crippen molar-refractivity contribution in [2.45, 2.75) is 18.9 Å². The van der Waals surface area contributed by atoms with Crippen LogP contribution in [0, 0.1) is 21.7 Å². The zero-order chi connectivity index (χ0) is 13.1. The van der Waals surface area contributed by atoms with Crippen molar-refractivity contribution in [3.05, 3.63) is 33.9 Å². The number of hydrogen-bond acceptors (Lipinski definition) is 4. The van der Waals surface area contributed by atoms with Crippen LogP contribution >= 0.6 is 11.8 Å². The molecule has 1 saturated heterocycles. The number of hydrogen-bond donors (Lipinski definition) is 1. The van der Waals surface area contributed by atoms with Crippen molar-refractivity contribution in [3.8, 4) is 0 Å². The first-order chi connectivity index (χ1) is 8.58. The van der Waals surface area contributed by atoms with Gasteiger partial charge in [-0.05, 0) is 18.6 Å². The number of non-ortho nitro benzene ring substituents is 1. The smallest absolute Gasteiger partial charge is 0.275 e. The van der Waals surface area contributed by atoms with Crippen LogP contribution < -0.4 is 5.32 Å². The SMILES string of the molecule is O=[N+]([O-])c1cc(F)c(NC2CCCSC2)c(F)c1. The number of nitro benzene ring substituents is 1. The molecular weight excluding hydrogens is 262 g/mol.